The summed E-state index contributed by atoms with van der Waals surface area (Å²) in [5.41, 5.74) is 0. The number of alkyl halides is 1. The number of carbonyl (C=O) groups excluding carboxylic acids is 1. The van der Waals surface area contributed by atoms with Crippen molar-refractivity contribution in [1.82, 2.24) is 4.90 Å². The molecule has 1 amide bonds. The van der Waals surface area contributed by atoms with Gasteiger partial charge >= 0.3 is 0 Å². The number of hydrogen-bond donors (Lipinski definition) is 0. The highest BCUT2D eigenvalue weighted by Crippen LogP contribution is 2.13. The first-order chi connectivity index (χ1) is 6.27. The van der Waals surface area contributed by atoms with Crippen LogP contribution in [-0.4, -0.2) is 43.0 Å². The normalized spacial score (nSPS) is 21.8. The molecule has 0 aliphatic carbocycles. The van der Waals surface area contributed by atoms with E-state index in [0.29, 0.717) is 5.92 Å². The zero-order valence-corrected chi connectivity index (χ0v) is 8.72. The van der Waals surface area contributed by atoms with E-state index in [-0.39, 0.29) is 11.8 Å². The lowest BCUT2D eigenvalue weighted by molar-refractivity contribution is -0.128. The van der Waals surface area contributed by atoms with Crippen LogP contribution in [0.15, 0.2) is 0 Å². The molecule has 0 bridgehead atoms. The van der Waals surface area contributed by atoms with E-state index < -0.39 is 0 Å². The molecule has 1 aliphatic heterocycles. The fourth-order valence-corrected chi connectivity index (χ4v) is 1.70. The maximum atomic E-state index is 11.3. The molecule has 1 fully saturated rings. The third-order valence-corrected chi connectivity index (χ3v) is 2.58. The number of carbonyl (C=O) groups is 1. The molecular formula is C9H16ClNO2. The quantitative estimate of drug-likeness (QED) is 0.644. The van der Waals surface area contributed by atoms with E-state index in [1.807, 2.05) is 6.92 Å². The van der Waals surface area contributed by atoms with Gasteiger partial charge in [-0.1, -0.05) is 0 Å². The van der Waals surface area contributed by atoms with Gasteiger partial charge < -0.3 is 9.64 Å². The van der Waals surface area contributed by atoms with Gasteiger partial charge in [-0.2, -0.15) is 0 Å². The van der Waals surface area contributed by atoms with Crippen LogP contribution in [0.1, 0.15) is 13.3 Å². The molecule has 0 aromatic heterocycles. The van der Waals surface area contributed by atoms with Crippen molar-refractivity contribution in [2.75, 3.05) is 32.2 Å². The van der Waals surface area contributed by atoms with Crippen molar-refractivity contribution in [1.29, 1.82) is 0 Å². The van der Waals surface area contributed by atoms with E-state index in [1.54, 1.807) is 4.90 Å². The van der Waals surface area contributed by atoms with Crippen LogP contribution in [0.2, 0.25) is 0 Å². The molecule has 0 radical (unpaired) electrons. The summed E-state index contributed by atoms with van der Waals surface area (Å²) in [7, 11) is 0. The minimum Gasteiger partial charge on any atom is -0.381 e. The van der Waals surface area contributed by atoms with Gasteiger partial charge in [0.15, 0.2) is 0 Å². The van der Waals surface area contributed by atoms with E-state index in [1.165, 1.54) is 0 Å². The van der Waals surface area contributed by atoms with Gasteiger partial charge in [0, 0.05) is 25.6 Å². The maximum Gasteiger partial charge on any atom is 0.237 e. The number of nitrogens with zero attached hydrogens (tertiary/aromatic N) is 1. The minimum atomic E-state index is 0.0241. The zero-order chi connectivity index (χ0) is 9.68. The Kier molecular flexibility index (Phi) is 4.53. The van der Waals surface area contributed by atoms with Gasteiger partial charge in [-0.05, 0) is 13.3 Å². The van der Waals surface area contributed by atoms with Crippen LogP contribution in [0.3, 0.4) is 0 Å². The summed E-state index contributed by atoms with van der Waals surface area (Å²) in [6, 6.07) is 0. The number of rotatable bonds is 4. The Bertz CT molecular complexity index is 169. The monoisotopic (exact) mass is 205 g/mol. The second-order valence-electron chi connectivity index (χ2n) is 3.30. The fraction of sp³-hybridized carbons (Fsp3) is 0.889. The Hall–Kier alpha value is -0.280. The topological polar surface area (TPSA) is 29.5 Å². The van der Waals surface area contributed by atoms with Crippen LogP contribution in [0, 0.1) is 5.92 Å². The summed E-state index contributed by atoms with van der Waals surface area (Å²) in [5.74, 6) is 0.615. The Morgan fingerprint density at radius 1 is 1.69 bits per heavy atom. The molecule has 1 heterocycles. The predicted octanol–water partition coefficient (Wildman–Crippen LogP) is 1.11. The number of hydrogen-bond acceptors (Lipinski definition) is 2. The maximum absolute atomic E-state index is 11.3. The molecule has 0 spiro atoms. The van der Waals surface area contributed by atoms with Crippen LogP contribution < -0.4 is 0 Å². The number of halogens is 1. The van der Waals surface area contributed by atoms with E-state index in [9.17, 15) is 4.79 Å². The molecule has 1 rings (SSSR count). The lowest BCUT2D eigenvalue weighted by atomic mass is 10.1. The smallest absolute Gasteiger partial charge is 0.237 e. The summed E-state index contributed by atoms with van der Waals surface area (Å²) in [5, 5.41) is 0. The molecule has 0 aromatic rings. The molecule has 4 heteroatoms. The minimum absolute atomic E-state index is 0.0241. The third kappa shape index (κ3) is 3.16. The second-order valence-corrected chi connectivity index (χ2v) is 3.56. The van der Waals surface area contributed by atoms with Crippen LogP contribution in [0.4, 0.5) is 0 Å². The van der Waals surface area contributed by atoms with E-state index >= 15 is 0 Å². The van der Waals surface area contributed by atoms with Crippen LogP contribution in [0.5, 0.6) is 0 Å². The van der Waals surface area contributed by atoms with Crippen molar-refractivity contribution in [2.24, 2.45) is 5.92 Å². The molecule has 76 valence electrons. The molecule has 0 aromatic carbocycles. The summed E-state index contributed by atoms with van der Waals surface area (Å²) in [6.45, 7) is 5.12. The highest BCUT2D eigenvalue weighted by atomic mass is 35.5. The van der Waals surface area contributed by atoms with Crippen molar-refractivity contribution in [3.63, 3.8) is 0 Å². The van der Waals surface area contributed by atoms with Crippen molar-refractivity contribution in [2.45, 2.75) is 13.3 Å². The van der Waals surface area contributed by atoms with E-state index in [0.717, 1.165) is 32.7 Å². The first kappa shape index (κ1) is 10.8. The molecule has 1 saturated heterocycles. The number of ether oxygens (including phenoxy) is 1. The lowest BCUT2D eigenvalue weighted by Gasteiger charge is -2.22. The number of amides is 1. The van der Waals surface area contributed by atoms with Gasteiger partial charge in [0.1, 0.15) is 5.88 Å². The Morgan fingerprint density at radius 2 is 2.46 bits per heavy atom. The SMILES string of the molecule is CCN(CC1CCOC1)C(=O)CCl. The molecule has 1 atom stereocenters. The van der Waals surface area contributed by atoms with Gasteiger partial charge in [0.2, 0.25) is 5.91 Å². The molecule has 0 saturated carbocycles. The molecule has 13 heavy (non-hydrogen) atoms. The molecule has 0 N–H and O–H groups in total. The van der Waals surface area contributed by atoms with Gasteiger partial charge in [0.05, 0.1) is 6.61 Å². The van der Waals surface area contributed by atoms with Gasteiger partial charge in [-0.25, -0.2) is 0 Å². The highest BCUT2D eigenvalue weighted by molar-refractivity contribution is 6.27. The second kappa shape index (κ2) is 5.45. The van der Waals surface area contributed by atoms with Crippen LogP contribution in [0.25, 0.3) is 0 Å². The van der Waals surface area contributed by atoms with Crippen molar-refractivity contribution >= 4 is 17.5 Å². The van der Waals surface area contributed by atoms with Crippen LogP contribution in [-0.2, 0) is 9.53 Å². The van der Waals surface area contributed by atoms with Crippen molar-refractivity contribution in [3.8, 4) is 0 Å². The Balaban J connectivity index is 2.33. The highest BCUT2D eigenvalue weighted by Gasteiger charge is 2.20. The largest absolute Gasteiger partial charge is 0.381 e. The molecule has 1 unspecified atom stereocenters. The van der Waals surface area contributed by atoms with Gasteiger partial charge in [0.25, 0.3) is 0 Å². The van der Waals surface area contributed by atoms with Crippen molar-refractivity contribution in [3.05, 3.63) is 0 Å². The Morgan fingerprint density at radius 3 is 2.92 bits per heavy atom. The summed E-state index contributed by atoms with van der Waals surface area (Å²) >= 11 is 5.49. The summed E-state index contributed by atoms with van der Waals surface area (Å²) in [6.07, 6.45) is 1.06. The third-order valence-electron chi connectivity index (χ3n) is 2.35. The molecule has 1 aliphatic rings. The van der Waals surface area contributed by atoms with Crippen LogP contribution >= 0.6 is 11.6 Å². The summed E-state index contributed by atoms with van der Waals surface area (Å²) < 4.78 is 5.24. The van der Waals surface area contributed by atoms with E-state index in [2.05, 4.69) is 0 Å². The first-order valence-corrected chi connectivity index (χ1v) is 5.22. The average molecular weight is 206 g/mol. The molecule has 3 nitrogen and oxygen atoms in total. The Labute approximate surface area is 84.0 Å². The summed E-state index contributed by atoms with van der Waals surface area (Å²) in [4.78, 5) is 13.1. The molecular weight excluding hydrogens is 190 g/mol. The first-order valence-electron chi connectivity index (χ1n) is 4.69. The predicted molar refractivity (Wildman–Crippen MR) is 51.9 cm³/mol. The van der Waals surface area contributed by atoms with Gasteiger partial charge in [-0.15, -0.1) is 11.6 Å². The van der Waals surface area contributed by atoms with Gasteiger partial charge in [-0.3, -0.25) is 4.79 Å². The van der Waals surface area contributed by atoms with Crippen molar-refractivity contribution < 1.29 is 9.53 Å². The fourth-order valence-electron chi connectivity index (χ4n) is 1.53. The standard InChI is InChI=1S/C9H16ClNO2/c1-2-11(9(12)5-10)6-8-3-4-13-7-8/h8H,2-7H2,1H3. The van der Waals surface area contributed by atoms with E-state index in [4.69, 9.17) is 16.3 Å². The lowest BCUT2D eigenvalue weighted by Crippen LogP contribution is -2.36. The zero-order valence-electron chi connectivity index (χ0n) is 7.96. The average Bonchev–Trinajstić information content (AvgIpc) is 2.65.